The molecular weight excluding hydrogens is 384 g/mol. The van der Waals surface area contributed by atoms with E-state index in [-0.39, 0.29) is 29.1 Å². The number of alkyl halides is 6. The van der Waals surface area contributed by atoms with Crippen LogP contribution in [-0.4, -0.2) is 16.0 Å². The molecule has 0 saturated heterocycles. The van der Waals surface area contributed by atoms with E-state index in [0.717, 1.165) is 38.5 Å². The van der Waals surface area contributed by atoms with Gasteiger partial charge in [0.1, 0.15) is 12.1 Å². The fourth-order valence-electron chi connectivity index (χ4n) is 3.38. The van der Waals surface area contributed by atoms with Crippen molar-refractivity contribution in [3.05, 3.63) is 41.9 Å². The summed E-state index contributed by atoms with van der Waals surface area (Å²) >= 11 is 0. The molecule has 3 nitrogen and oxygen atoms in total. The number of aromatic nitrogens is 2. The van der Waals surface area contributed by atoms with Crippen LogP contribution < -0.4 is 5.32 Å². The van der Waals surface area contributed by atoms with Crippen LogP contribution in [0.5, 0.6) is 0 Å². The fraction of sp³-hybridized carbons (Fsp3) is 0.474. The summed E-state index contributed by atoms with van der Waals surface area (Å²) in [4.78, 5) is 7.88. The number of nitrogens with zero attached hydrogens (tertiary/aromatic N) is 2. The molecule has 1 N–H and O–H groups in total. The molecule has 1 fully saturated rings. The summed E-state index contributed by atoms with van der Waals surface area (Å²) in [5, 5.41) is 3.19. The van der Waals surface area contributed by atoms with Gasteiger partial charge in [-0.3, -0.25) is 0 Å². The van der Waals surface area contributed by atoms with Gasteiger partial charge in [0.2, 0.25) is 0 Å². The molecule has 1 heterocycles. The Hall–Kier alpha value is -2.32. The summed E-state index contributed by atoms with van der Waals surface area (Å²) in [6.45, 7) is 0. The van der Waals surface area contributed by atoms with Gasteiger partial charge in [0.05, 0.1) is 11.1 Å². The molecule has 1 aromatic heterocycles. The topological polar surface area (TPSA) is 37.8 Å². The first-order valence-corrected chi connectivity index (χ1v) is 9.01. The van der Waals surface area contributed by atoms with Crippen LogP contribution in [0, 0.1) is 0 Å². The van der Waals surface area contributed by atoms with E-state index < -0.39 is 23.5 Å². The minimum atomic E-state index is -4.90. The van der Waals surface area contributed by atoms with Gasteiger partial charge in [0.15, 0.2) is 0 Å². The van der Waals surface area contributed by atoms with Gasteiger partial charge in [-0.2, -0.15) is 26.3 Å². The summed E-state index contributed by atoms with van der Waals surface area (Å²) < 4.78 is 78.9. The highest BCUT2D eigenvalue weighted by molar-refractivity contribution is 5.75. The zero-order valence-electron chi connectivity index (χ0n) is 14.9. The Morgan fingerprint density at radius 1 is 0.821 bits per heavy atom. The molecule has 1 aliphatic carbocycles. The van der Waals surface area contributed by atoms with Crippen LogP contribution in [0.1, 0.15) is 49.7 Å². The lowest BCUT2D eigenvalue weighted by Gasteiger charge is -2.20. The molecule has 3 rings (SSSR count). The van der Waals surface area contributed by atoms with Gasteiger partial charge in [-0.25, -0.2) is 9.97 Å². The second-order valence-electron chi connectivity index (χ2n) is 6.91. The molecule has 0 radical (unpaired) electrons. The first kappa shape index (κ1) is 20.4. The van der Waals surface area contributed by atoms with Crippen LogP contribution in [0.2, 0.25) is 0 Å². The minimum absolute atomic E-state index is 0.0732. The van der Waals surface area contributed by atoms with Crippen molar-refractivity contribution in [3.63, 3.8) is 0 Å². The molecule has 1 aromatic carbocycles. The lowest BCUT2D eigenvalue weighted by Crippen LogP contribution is -2.19. The summed E-state index contributed by atoms with van der Waals surface area (Å²) in [5.41, 5.74) is -2.83. The summed E-state index contributed by atoms with van der Waals surface area (Å²) in [6.07, 6.45) is -1.35. The number of rotatable bonds is 3. The van der Waals surface area contributed by atoms with Crippen LogP contribution in [0.3, 0.4) is 0 Å². The highest BCUT2D eigenvalue weighted by Gasteiger charge is 2.37. The van der Waals surface area contributed by atoms with Crippen molar-refractivity contribution in [2.24, 2.45) is 0 Å². The molecule has 0 amide bonds. The van der Waals surface area contributed by atoms with Crippen molar-refractivity contribution in [2.75, 3.05) is 5.32 Å². The van der Waals surface area contributed by atoms with Gasteiger partial charge in [-0.05, 0) is 36.6 Å². The lowest BCUT2D eigenvalue weighted by molar-refractivity contribution is -0.143. The van der Waals surface area contributed by atoms with Crippen LogP contribution in [0.15, 0.2) is 30.7 Å². The number of hydrogen-bond donors (Lipinski definition) is 1. The lowest BCUT2D eigenvalue weighted by atomic mass is 9.99. The number of halogens is 6. The molecule has 28 heavy (non-hydrogen) atoms. The second kappa shape index (κ2) is 7.97. The van der Waals surface area contributed by atoms with Crippen molar-refractivity contribution >= 4 is 5.82 Å². The van der Waals surface area contributed by atoms with E-state index in [4.69, 9.17) is 0 Å². The molecule has 9 heteroatoms. The monoisotopic (exact) mass is 403 g/mol. The van der Waals surface area contributed by atoms with E-state index in [0.29, 0.717) is 12.1 Å². The van der Waals surface area contributed by atoms with Crippen molar-refractivity contribution in [1.82, 2.24) is 9.97 Å². The highest BCUT2D eigenvalue weighted by atomic mass is 19.4. The van der Waals surface area contributed by atoms with Gasteiger partial charge >= 0.3 is 12.4 Å². The van der Waals surface area contributed by atoms with Gasteiger partial charge in [0.25, 0.3) is 0 Å². The Morgan fingerprint density at radius 3 is 1.93 bits per heavy atom. The fourth-order valence-corrected chi connectivity index (χ4v) is 3.38. The van der Waals surface area contributed by atoms with Gasteiger partial charge in [-0.1, -0.05) is 25.7 Å². The van der Waals surface area contributed by atoms with Gasteiger partial charge < -0.3 is 5.32 Å². The molecule has 2 aromatic rings. The first-order valence-electron chi connectivity index (χ1n) is 9.01. The predicted octanol–water partition coefficient (Wildman–Crippen LogP) is 6.32. The van der Waals surface area contributed by atoms with Crippen molar-refractivity contribution in [3.8, 4) is 11.1 Å². The maximum Gasteiger partial charge on any atom is 0.416 e. The zero-order chi connectivity index (χ0) is 20.4. The van der Waals surface area contributed by atoms with Crippen LogP contribution in [0.4, 0.5) is 32.2 Å². The average Bonchev–Trinajstić information content (AvgIpc) is 2.89. The minimum Gasteiger partial charge on any atom is -0.367 e. The number of benzene rings is 1. The summed E-state index contributed by atoms with van der Waals surface area (Å²) in [6, 6.07) is 1.59. The van der Waals surface area contributed by atoms with Gasteiger partial charge in [-0.15, -0.1) is 0 Å². The molecule has 0 atom stereocenters. The van der Waals surface area contributed by atoms with Crippen molar-refractivity contribution in [1.29, 1.82) is 0 Å². The third-order valence-electron chi connectivity index (χ3n) is 4.81. The average molecular weight is 403 g/mol. The van der Waals surface area contributed by atoms with Crippen LogP contribution in [-0.2, 0) is 12.4 Å². The van der Waals surface area contributed by atoms with Crippen molar-refractivity contribution in [2.45, 2.75) is 56.9 Å². The summed E-state index contributed by atoms with van der Waals surface area (Å²) in [7, 11) is 0. The quantitative estimate of drug-likeness (QED) is 0.482. The Morgan fingerprint density at radius 2 is 1.39 bits per heavy atom. The molecule has 0 spiro atoms. The van der Waals surface area contributed by atoms with Crippen molar-refractivity contribution < 1.29 is 26.3 Å². The Kier molecular flexibility index (Phi) is 5.81. The normalized spacial score (nSPS) is 16.6. The molecule has 0 aliphatic heterocycles. The van der Waals surface area contributed by atoms with Crippen LogP contribution in [0.25, 0.3) is 11.1 Å². The summed E-state index contributed by atoms with van der Waals surface area (Å²) in [5.74, 6) is 0.245. The molecule has 152 valence electrons. The maximum absolute atomic E-state index is 13.2. The molecule has 0 unspecified atom stereocenters. The van der Waals surface area contributed by atoms with E-state index in [1.807, 2.05) is 0 Å². The van der Waals surface area contributed by atoms with E-state index >= 15 is 0 Å². The van der Waals surface area contributed by atoms with Crippen LogP contribution >= 0.6 is 0 Å². The Balaban J connectivity index is 2.03. The Labute approximate surface area is 158 Å². The maximum atomic E-state index is 13.2. The standard InChI is InChI=1S/C19H19F6N3/c20-18(21,22)13-7-12(8-14(9-13)19(23,24)25)16-10-26-11-27-17(16)28-15-5-3-1-2-4-6-15/h7-11,15H,1-6H2,(H,26,27,28). The van der Waals surface area contributed by atoms with E-state index in [2.05, 4.69) is 15.3 Å². The number of anilines is 1. The smallest absolute Gasteiger partial charge is 0.367 e. The van der Waals surface area contributed by atoms with Gasteiger partial charge in [0, 0.05) is 17.8 Å². The zero-order valence-corrected chi connectivity index (χ0v) is 14.9. The molecular formula is C19H19F6N3. The third kappa shape index (κ3) is 4.94. The molecule has 1 aliphatic rings. The second-order valence-corrected chi connectivity index (χ2v) is 6.91. The number of nitrogens with one attached hydrogen (secondary N) is 1. The first-order chi connectivity index (χ1) is 13.1. The SMILES string of the molecule is FC(F)(F)c1cc(-c2cncnc2NC2CCCCCC2)cc(C(F)(F)F)c1. The number of hydrogen-bond acceptors (Lipinski definition) is 3. The van der Waals surface area contributed by atoms with E-state index in [1.165, 1.54) is 12.5 Å². The van der Waals surface area contributed by atoms with E-state index in [9.17, 15) is 26.3 Å². The third-order valence-corrected chi connectivity index (χ3v) is 4.81. The van der Waals surface area contributed by atoms with E-state index in [1.54, 1.807) is 0 Å². The molecule has 0 bridgehead atoms. The predicted molar refractivity (Wildman–Crippen MR) is 92.6 cm³/mol. The molecule has 1 saturated carbocycles. The Bertz CT molecular complexity index is 776. The highest BCUT2D eigenvalue weighted by Crippen LogP contribution is 2.39. The largest absolute Gasteiger partial charge is 0.416 e.